The molecule has 1 heterocycles. The van der Waals surface area contributed by atoms with Crippen molar-refractivity contribution in [3.05, 3.63) is 73.4 Å². The van der Waals surface area contributed by atoms with Crippen molar-refractivity contribution in [2.45, 2.75) is 4.90 Å². The van der Waals surface area contributed by atoms with Gasteiger partial charge in [-0.3, -0.25) is 0 Å². The molecule has 0 aliphatic heterocycles. The molecule has 3 aromatic rings. The van der Waals surface area contributed by atoms with Gasteiger partial charge in [-0.2, -0.15) is 5.10 Å². The lowest BCUT2D eigenvalue weighted by atomic mass is 10.2. The molecule has 1 aromatic heterocycles. The largest absolute Gasteiger partial charge is 0.437 e. The SMILES string of the molecule is C=C/C(=N\N=C)Oc1ccc2ccn(S(=O)(=O)c3ccccc3)c2c1. The zero-order valence-electron chi connectivity index (χ0n) is 13.2. The monoisotopic (exact) mass is 353 g/mol. The molecule has 3 rings (SSSR count). The first-order chi connectivity index (χ1) is 12.1. The van der Waals surface area contributed by atoms with E-state index >= 15 is 0 Å². The Balaban J connectivity index is 2.09. The molecule has 0 unspecified atom stereocenters. The van der Waals surface area contributed by atoms with Crippen LogP contribution in [0.2, 0.25) is 0 Å². The Morgan fingerprint density at radius 2 is 1.88 bits per heavy atom. The highest BCUT2D eigenvalue weighted by Crippen LogP contribution is 2.26. The molecule has 0 saturated heterocycles. The van der Waals surface area contributed by atoms with Gasteiger partial charge in [-0.25, -0.2) is 12.4 Å². The van der Waals surface area contributed by atoms with Gasteiger partial charge in [0.2, 0.25) is 5.90 Å². The normalized spacial score (nSPS) is 12.1. The van der Waals surface area contributed by atoms with Crippen LogP contribution < -0.4 is 4.74 Å². The molecule has 0 radical (unpaired) electrons. The molecule has 0 fully saturated rings. The third-order valence-corrected chi connectivity index (χ3v) is 5.20. The van der Waals surface area contributed by atoms with Crippen LogP contribution in [0, 0.1) is 0 Å². The summed E-state index contributed by atoms with van der Waals surface area (Å²) in [5, 5.41) is 7.85. The first kappa shape index (κ1) is 16.7. The summed E-state index contributed by atoms with van der Waals surface area (Å²) in [6.45, 7) is 6.84. The summed E-state index contributed by atoms with van der Waals surface area (Å²) in [4.78, 5) is 0.211. The third-order valence-electron chi connectivity index (χ3n) is 3.50. The molecule has 0 spiro atoms. The Morgan fingerprint density at radius 1 is 1.12 bits per heavy atom. The first-order valence-corrected chi connectivity index (χ1v) is 8.76. The fourth-order valence-electron chi connectivity index (χ4n) is 2.36. The summed E-state index contributed by atoms with van der Waals surface area (Å²) in [6, 6.07) is 15.1. The third kappa shape index (κ3) is 3.22. The van der Waals surface area contributed by atoms with Gasteiger partial charge in [-0.1, -0.05) is 24.8 Å². The van der Waals surface area contributed by atoms with Crippen molar-refractivity contribution < 1.29 is 13.2 Å². The number of nitrogens with zero attached hydrogens (tertiary/aromatic N) is 3. The molecule has 0 aliphatic rings. The molecule has 0 N–H and O–H groups in total. The van der Waals surface area contributed by atoms with E-state index in [1.807, 2.05) is 0 Å². The molecule has 126 valence electrons. The van der Waals surface area contributed by atoms with Gasteiger partial charge in [0, 0.05) is 24.4 Å². The van der Waals surface area contributed by atoms with Crippen molar-refractivity contribution in [1.82, 2.24) is 3.97 Å². The maximum atomic E-state index is 12.9. The molecule has 7 heteroatoms. The van der Waals surface area contributed by atoms with E-state index < -0.39 is 10.0 Å². The molecule has 0 bridgehead atoms. The Kier molecular flexibility index (Phi) is 4.49. The van der Waals surface area contributed by atoms with E-state index in [4.69, 9.17) is 4.74 Å². The lowest BCUT2D eigenvalue weighted by Crippen LogP contribution is -2.11. The van der Waals surface area contributed by atoms with Crippen LogP contribution in [-0.2, 0) is 10.0 Å². The maximum absolute atomic E-state index is 12.9. The van der Waals surface area contributed by atoms with Crippen molar-refractivity contribution >= 4 is 33.5 Å². The minimum absolute atomic E-state index is 0.165. The minimum Gasteiger partial charge on any atom is -0.437 e. The lowest BCUT2D eigenvalue weighted by molar-refractivity contribution is 0.553. The van der Waals surface area contributed by atoms with Crippen LogP contribution >= 0.6 is 0 Å². The predicted molar refractivity (Wildman–Crippen MR) is 98.8 cm³/mol. The van der Waals surface area contributed by atoms with Crippen molar-refractivity contribution in [2.24, 2.45) is 10.2 Å². The van der Waals surface area contributed by atoms with E-state index in [0.29, 0.717) is 11.3 Å². The summed E-state index contributed by atoms with van der Waals surface area (Å²) >= 11 is 0. The second kappa shape index (κ2) is 6.74. The second-order valence-electron chi connectivity index (χ2n) is 5.04. The van der Waals surface area contributed by atoms with E-state index in [1.165, 1.54) is 16.2 Å². The highest BCUT2D eigenvalue weighted by Gasteiger charge is 2.18. The van der Waals surface area contributed by atoms with Gasteiger partial charge in [0.05, 0.1) is 10.4 Å². The van der Waals surface area contributed by atoms with Crippen LogP contribution in [0.15, 0.2) is 88.5 Å². The van der Waals surface area contributed by atoms with Crippen molar-refractivity contribution in [3.8, 4) is 5.75 Å². The molecule has 2 aromatic carbocycles. The fourth-order valence-corrected chi connectivity index (χ4v) is 3.72. The van der Waals surface area contributed by atoms with Gasteiger partial charge < -0.3 is 4.74 Å². The molecule has 0 saturated carbocycles. The van der Waals surface area contributed by atoms with Crippen LogP contribution in [0.5, 0.6) is 5.75 Å². The van der Waals surface area contributed by atoms with Crippen LogP contribution in [-0.4, -0.2) is 25.0 Å². The van der Waals surface area contributed by atoms with Crippen LogP contribution in [0.1, 0.15) is 0 Å². The van der Waals surface area contributed by atoms with Gasteiger partial charge in [-0.15, -0.1) is 5.10 Å². The highest BCUT2D eigenvalue weighted by atomic mass is 32.2. The van der Waals surface area contributed by atoms with Crippen LogP contribution in [0.25, 0.3) is 10.9 Å². The number of rotatable bonds is 5. The van der Waals surface area contributed by atoms with Gasteiger partial charge in [0.1, 0.15) is 5.75 Å². The van der Waals surface area contributed by atoms with E-state index in [0.717, 1.165) is 5.39 Å². The van der Waals surface area contributed by atoms with Crippen LogP contribution in [0.4, 0.5) is 0 Å². The molecule has 0 atom stereocenters. The Bertz CT molecular complexity index is 1070. The summed E-state index contributed by atoms with van der Waals surface area (Å²) in [5.41, 5.74) is 0.497. The van der Waals surface area contributed by atoms with Gasteiger partial charge in [0.25, 0.3) is 10.0 Å². The number of benzene rings is 2. The van der Waals surface area contributed by atoms with Gasteiger partial charge in [-0.05, 0) is 36.4 Å². The van der Waals surface area contributed by atoms with E-state index in [-0.39, 0.29) is 10.8 Å². The van der Waals surface area contributed by atoms with Crippen molar-refractivity contribution in [3.63, 3.8) is 0 Å². The van der Waals surface area contributed by atoms with Crippen molar-refractivity contribution in [2.75, 3.05) is 0 Å². The molecule has 0 aliphatic carbocycles. The fraction of sp³-hybridized carbons (Fsp3) is 0. The molecule has 0 amide bonds. The minimum atomic E-state index is -3.70. The second-order valence-corrected chi connectivity index (χ2v) is 6.85. The number of hydrogen-bond donors (Lipinski definition) is 0. The quantitative estimate of drug-likeness (QED) is 0.400. The predicted octanol–water partition coefficient (Wildman–Crippen LogP) is 3.46. The highest BCUT2D eigenvalue weighted by molar-refractivity contribution is 7.90. The lowest BCUT2D eigenvalue weighted by Gasteiger charge is -2.09. The Hall–Kier alpha value is -3.19. The molecular weight excluding hydrogens is 338 g/mol. The smallest absolute Gasteiger partial charge is 0.268 e. The zero-order valence-corrected chi connectivity index (χ0v) is 14.1. The van der Waals surface area contributed by atoms with Gasteiger partial charge >= 0.3 is 0 Å². The molecule has 25 heavy (non-hydrogen) atoms. The number of fused-ring (bicyclic) bond motifs is 1. The Labute approximate surface area is 145 Å². The first-order valence-electron chi connectivity index (χ1n) is 7.32. The average molecular weight is 353 g/mol. The molecular formula is C18H15N3O3S. The summed E-state index contributed by atoms with van der Waals surface area (Å²) in [5.74, 6) is 0.580. The Morgan fingerprint density at radius 3 is 2.56 bits per heavy atom. The number of ether oxygens (including phenoxy) is 1. The van der Waals surface area contributed by atoms with E-state index in [1.54, 1.807) is 54.6 Å². The number of hydrogen-bond acceptors (Lipinski definition) is 5. The number of aromatic nitrogens is 1. The summed E-state index contributed by atoms with van der Waals surface area (Å²) in [7, 11) is -3.70. The maximum Gasteiger partial charge on any atom is 0.268 e. The molecule has 6 nitrogen and oxygen atoms in total. The summed E-state index contributed by atoms with van der Waals surface area (Å²) < 4.78 is 32.5. The van der Waals surface area contributed by atoms with E-state index in [9.17, 15) is 8.42 Å². The van der Waals surface area contributed by atoms with E-state index in [2.05, 4.69) is 23.5 Å². The van der Waals surface area contributed by atoms with Gasteiger partial charge in [0.15, 0.2) is 0 Å². The summed E-state index contributed by atoms with van der Waals surface area (Å²) in [6.07, 6.45) is 2.91. The zero-order chi connectivity index (χ0) is 17.9. The topological polar surface area (TPSA) is 73.0 Å². The standard InChI is InChI=1S/C18H15N3O3S/c1-3-18(20-19-2)24-15-10-9-14-11-12-21(17(14)13-15)25(22,23)16-7-5-4-6-8-16/h3-13H,1-2H2/b20-18+. The van der Waals surface area contributed by atoms with Crippen LogP contribution in [0.3, 0.4) is 0 Å². The van der Waals surface area contributed by atoms with Crippen molar-refractivity contribution in [1.29, 1.82) is 0 Å². The average Bonchev–Trinajstić information content (AvgIpc) is 3.06.